The van der Waals surface area contributed by atoms with Gasteiger partial charge in [0.25, 0.3) is 5.91 Å². The number of rotatable bonds is 4. The van der Waals surface area contributed by atoms with Crippen molar-refractivity contribution in [2.75, 3.05) is 11.9 Å². The van der Waals surface area contributed by atoms with E-state index in [4.69, 9.17) is 4.74 Å². The molecule has 1 amide bonds. The van der Waals surface area contributed by atoms with E-state index in [9.17, 15) is 14.0 Å². The standard InChI is InChI=1S/C15H12FN3O3S2/c1-7-13(23-8(2)17-7)14(21)22-6-12(20)19-15-18-10-4-3-9(16)5-11(10)24-15/h3-5H,6H2,1-2H3,(H,18,19,20). The van der Waals surface area contributed by atoms with Crippen molar-refractivity contribution >= 4 is 49.9 Å². The maximum Gasteiger partial charge on any atom is 0.350 e. The van der Waals surface area contributed by atoms with Crippen molar-refractivity contribution in [3.63, 3.8) is 0 Å². The Balaban J connectivity index is 1.60. The molecule has 1 aromatic carbocycles. The van der Waals surface area contributed by atoms with E-state index >= 15 is 0 Å². The van der Waals surface area contributed by atoms with Crippen LogP contribution in [-0.2, 0) is 9.53 Å². The van der Waals surface area contributed by atoms with Crippen molar-refractivity contribution in [3.05, 3.63) is 39.6 Å². The molecule has 0 aliphatic heterocycles. The number of aromatic nitrogens is 2. The first-order valence-corrected chi connectivity index (χ1v) is 8.53. The summed E-state index contributed by atoms with van der Waals surface area (Å²) in [6.07, 6.45) is 0. The Hall–Kier alpha value is -2.39. The van der Waals surface area contributed by atoms with Crippen LogP contribution in [0.2, 0.25) is 0 Å². The van der Waals surface area contributed by atoms with E-state index in [1.807, 2.05) is 0 Å². The highest BCUT2D eigenvalue weighted by Crippen LogP contribution is 2.26. The predicted octanol–water partition coefficient (Wildman–Crippen LogP) is 3.30. The second-order valence-electron chi connectivity index (χ2n) is 4.90. The number of nitrogens with one attached hydrogen (secondary N) is 1. The number of hydrogen-bond acceptors (Lipinski definition) is 7. The lowest BCUT2D eigenvalue weighted by molar-refractivity contribution is -0.119. The number of benzene rings is 1. The van der Waals surface area contributed by atoms with Crippen molar-refractivity contribution in [3.8, 4) is 0 Å². The number of nitrogens with zero attached hydrogens (tertiary/aromatic N) is 2. The lowest BCUT2D eigenvalue weighted by Gasteiger charge is -2.03. The Kier molecular flexibility index (Phi) is 4.54. The molecule has 2 aromatic heterocycles. The summed E-state index contributed by atoms with van der Waals surface area (Å²) < 4.78 is 18.8. The van der Waals surface area contributed by atoms with E-state index in [0.717, 1.165) is 16.3 Å². The van der Waals surface area contributed by atoms with Crippen molar-refractivity contribution in [1.82, 2.24) is 9.97 Å². The number of fused-ring (bicyclic) bond motifs is 1. The zero-order chi connectivity index (χ0) is 17.3. The fourth-order valence-corrected chi connectivity index (χ4v) is 3.75. The fourth-order valence-electron chi connectivity index (χ4n) is 2.02. The first-order chi connectivity index (χ1) is 11.4. The molecule has 6 nitrogen and oxygen atoms in total. The number of halogens is 1. The summed E-state index contributed by atoms with van der Waals surface area (Å²) in [5, 5.41) is 3.61. The van der Waals surface area contributed by atoms with Crippen LogP contribution in [0, 0.1) is 19.7 Å². The highest BCUT2D eigenvalue weighted by Gasteiger charge is 2.17. The minimum absolute atomic E-state index is 0.321. The van der Waals surface area contributed by atoms with E-state index in [2.05, 4.69) is 15.3 Å². The molecule has 2 heterocycles. The van der Waals surface area contributed by atoms with Gasteiger partial charge in [0.05, 0.1) is 20.9 Å². The van der Waals surface area contributed by atoms with Gasteiger partial charge < -0.3 is 4.74 Å². The predicted molar refractivity (Wildman–Crippen MR) is 90.1 cm³/mol. The maximum atomic E-state index is 13.1. The van der Waals surface area contributed by atoms with Gasteiger partial charge in [-0.2, -0.15) is 0 Å². The highest BCUT2D eigenvalue weighted by atomic mass is 32.1. The lowest BCUT2D eigenvalue weighted by Crippen LogP contribution is -2.20. The lowest BCUT2D eigenvalue weighted by atomic mass is 10.3. The number of ether oxygens (including phenoxy) is 1. The van der Waals surface area contributed by atoms with Crippen molar-refractivity contribution in [2.45, 2.75) is 13.8 Å². The van der Waals surface area contributed by atoms with Crippen LogP contribution in [0.4, 0.5) is 9.52 Å². The smallest absolute Gasteiger partial charge is 0.350 e. The molecule has 0 bridgehead atoms. The van der Waals surface area contributed by atoms with Gasteiger partial charge in [0, 0.05) is 0 Å². The fraction of sp³-hybridized carbons (Fsp3) is 0.200. The second-order valence-corrected chi connectivity index (χ2v) is 7.14. The monoisotopic (exact) mass is 365 g/mol. The first-order valence-electron chi connectivity index (χ1n) is 6.89. The van der Waals surface area contributed by atoms with Crippen LogP contribution in [0.5, 0.6) is 0 Å². The van der Waals surface area contributed by atoms with Gasteiger partial charge in [0.2, 0.25) is 0 Å². The summed E-state index contributed by atoms with van der Waals surface area (Å²) in [5.41, 5.74) is 1.17. The summed E-state index contributed by atoms with van der Waals surface area (Å²) in [6, 6.07) is 4.18. The molecule has 9 heteroatoms. The highest BCUT2D eigenvalue weighted by molar-refractivity contribution is 7.22. The number of carbonyl (C=O) groups is 2. The van der Waals surface area contributed by atoms with Crippen LogP contribution in [-0.4, -0.2) is 28.5 Å². The number of carbonyl (C=O) groups excluding carboxylic acids is 2. The first kappa shape index (κ1) is 16.5. The number of hydrogen-bond donors (Lipinski definition) is 1. The van der Waals surface area contributed by atoms with Gasteiger partial charge in [-0.15, -0.1) is 11.3 Å². The molecule has 0 aliphatic carbocycles. The maximum absolute atomic E-state index is 13.1. The third-order valence-electron chi connectivity index (χ3n) is 3.02. The van der Waals surface area contributed by atoms with Crippen molar-refractivity contribution < 1.29 is 18.7 Å². The van der Waals surface area contributed by atoms with Crippen LogP contribution in [0.15, 0.2) is 18.2 Å². The molecule has 0 radical (unpaired) electrons. The van der Waals surface area contributed by atoms with Gasteiger partial charge in [-0.25, -0.2) is 19.2 Å². The minimum atomic E-state index is -0.584. The number of thiazole rings is 2. The Morgan fingerprint density at radius 3 is 2.75 bits per heavy atom. The number of esters is 1. The zero-order valence-corrected chi connectivity index (χ0v) is 14.4. The molecule has 3 rings (SSSR count). The second kappa shape index (κ2) is 6.62. The molecule has 1 N–H and O–H groups in total. The van der Waals surface area contributed by atoms with Crippen LogP contribution in [0.1, 0.15) is 20.4 Å². The van der Waals surface area contributed by atoms with Gasteiger partial charge in [0.1, 0.15) is 10.7 Å². The van der Waals surface area contributed by atoms with Crippen LogP contribution in [0.25, 0.3) is 10.2 Å². The van der Waals surface area contributed by atoms with Gasteiger partial charge in [-0.1, -0.05) is 11.3 Å². The van der Waals surface area contributed by atoms with Crippen molar-refractivity contribution in [1.29, 1.82) is 0 Å². The molecule has 3 aromatic rings. The summed E-state index contributed by atoms with van der Waals surface area (Å²) in [7, 11) is 0. The summed E-state index contributed by atoms with van der Waals surface area (Å²) >= 11 is 2.36. The van der Waals surface area contributed by atoms with E-state index < -0.39 is 18.5 Å². The molecule has 0 fully saturated rings. The summed E-state index contributed by atoms with van der Waals surface area (Å²) in [6.45, 7) is 3.07. The van der Waals surface area contributed by atoms with E-state index in [1.165, 1.54) is 29.5 Å². The number of aryl methyl sites for hydroxylation is 2. The number of amides is 1. The number of anilines is 1. The SMILES string of the molecule is Cc1nc(C)c(C(=O)OCC(=O)Nc2nc3ccc(F)cc3s2)s1. The Morgan fingerprint density at radius 1 is 1.25 bits per heavy atom. The van der Waals surface area contributed by atoms with Gasteiger partial charge >= 0.3 is 5.97 Å². The molecule has 0 aliphatic rings. The average molecular weight is 365 g/mol. The Labute approximate surface area is 144 Å². The minimum Gasteiger partial charge on any atom is -0.451 e. The molecular formula is C15H12FN3O3S2. The molecule has 0 unspecified atom stereocenters. The molecule has 0 atom stereocenters. The largest absolute Gasteiger partial charge is 0.451 e. The van der Waals surface area contributed by atoms with Gasteiger partial charge in [0.15, 0.2) is 11.7 Å². The third kappa shape index (κ3) is 3.57. The Bertz CT molecular complexity index is 935. The van der Waals surface area contributed by atoms with Gasteiger partial charge in [-0.3, -0.25) is 10.1 Å². The third-order valence-corrected chi connectivity index (χ3v) is 5.01. The normalized spacial score (nSPS) is 10.8. The molecule has 24 heavy (non-hydrogen) atoms. The van der Waals surface area contributed by atoms with Crippen LogP contribution < -0.4 is 5.32 Å². The van der Waals surface area contributed by atoms with Crippen LogP contribution in [0.3, 0.4) is 0 Å². The van der Waals surface area contributed by atoms with E-state index in [-0.39, 0.29) is 5.82 Å². The molecule has 0 saturated heterocycles. The molecule has 0 saturated carbocycles. The molecular weight excluding hydrogens is 353 g/mol. The molecule has 0 spiro atoms. The molecule has 124 valence electrons. The summed E-state index contributed by atoms with van der Waals surface area (Å²) in [4.78, 5) is 32.5. The topological polar surface area (TPSA) is 81.2 Å². The summed E-state index contributed by atoms with van der Waals surface area (Å²) in [5.74, 6) is -1.46. The quantitative estimate of drug-likeness (QED) is 0.718. The van der Waals surface area contributed by atoms with E-state index in [1.54, 1.807) is 13.8 Å². The zero-order valence-electron chi connectivity index (χ0n) is 12.8. The van der Waals surface area contributed by atoms with Crippen molar-refractivity contribution in [2.24, 2.45) is 0 Å². The average Bonchev–Trinajstić information content (AvgIpc) is 3.06. The van der Waals surface area contributed by atoms with Crippen LogP contribution >= 0.6 is 22.7 Å². The van der Waals surface area contributed by atoms with Gasteiger partial charge in [-0.05, 0) is 32.0 Å². The van der Waals surface area contributed by atoms with E-state index in [0.29, 0.717) is 25.9 Å². The Morgan fingerprint density at radius 2 is 2.04 bits per heavy atom.